The van der Waals surface area contributed by atoms with Gasteiger partial charge in [-0.15, -0.1) is 20.5 Å². The number of nitrogens with two attached hydrogens (primary N) is 2. The maximum absolute atomic E-state index is 13.1. The van der Waals surface area contributed by atoms with Gasteiger partial charge in [-0.3, -0.25) is 0 Å². The molecule has 0 aliphatic rings. The van der Waals surface area contributed by atoms with Crippen molar-refractivity contribution >= 4 is 102 Å². The Balaban J connectivity index is 0.000000161. The average Bonchev–Trinajstić information content (AvgIpc) is 3.64. The van der Waals surface area contributed by atoms with E-state index < -0.39 is 21.1 Å². The number of aromatic nitrogens is 2. The second-order valence-electron chi connectivity index (χ2n) is 10.7. The first-order valence-electron chi connectivity index (χ1n) is 15.5. The van der Waals surface area contributed by atoms with Gasteiger partial charge in [-0.2, -0.15) is 0 Å². The summed E-state index contributed by atoms with van der Waals surface area (Å²) in [5.74, 6) is -0.918. The summed E-state index contributed by atoms with van der Waals surface area (Å²) in [5.41, 5.74) is 13.6. The molecule has 0 unspecified atom stereocenters. The van der Waals surface area contributed by atoms with Gasteiger partial charge >= 0.3 is 89.0 Å². The minimum absolute atomic E-state index is 0.0975. The molecule has 14 heteroatoms. The number of fused-ring (bicyclic) bond motifs is 2. The third-order valence-corrected chi connectivity index (χ3v) is 10.8. The summed E-state index contributed by atoms with van der Waals surface area (Å²) in [6, 6.07) is 41.8. The van der Waals surface area contributed by atoms with Crippen molar-refractivity contribution in [1.29, 1.82) is 0 Å². The van der Waals surface area contributed by atoms with Crippen molar-refractivity contribution in [2.24, 2.45) is 31.9 Å². The van der Waals surface area contributed by atoms with E-state index in [9.17, 15) is 14.6 Å². The second kappa shape index (κ2) is 18.5. The van der Waals surface area contributed by atoms with Crippen LogP contribution in [0.1, 0.15) is 11.1 Å². The predicted octanol–water partition coefficient (Wildman–Crippen LogP) is 6.48. The molecule has 10 nitrogen and oxygen atoms in total. The Bertz CT molecular complexity index is 2340. The van der Waals surface area contributed by atoms with Crippen molar-refractivity contribution in [2.45, 2.75) is 0 Å². The van der Waals surface area contributed by atoms with E-state index in [1.54, 1.807) is 30.3 Å². The summed E-state index contributed by atoms with van der Waals surface area (Å²) < 4.78 is 16.2. The van der Waals surface area contributed by atoms with Gasteiger partial charge in [-0.25, -0.2) is 4.39 Å². The number of aromatic amines is 2. The molecule has 0 saturated heterocycles. The number of hydrogen-bond donors (Lipinski definition) is 4. The van der Waals surface area contributed by atoms with Gasteiger partial charge in [0, 0.05) is 27.4 Å². The molecule has 7 rings (SSSR count). The van der Waals surface area contributed by atoms with Crippen LogP contribution in [0.15, 0.2) is 154 Å². The molecule has 0 fully saturated rings. The SMILES string of the molecule is NC(=S)N=N/C(=C\c1c([O-])[nH]c2ccccc12)c1ccc(F)cc1.NC(=S)N=Nc1c([O-])[nH]c2ccccc12.c1cc[c]([Sn+2][c]2ccccc2)cc1. The van der Waals surface area contributed by atoms with Crippen LogP contribution < -0.4 is 28.8 Å². The van der Waals surface area contributed by atoms with Crippen LogP contribution in [0.4, 0.5) is 10.1 Å². The summed E-state index contributed by atoms with van der Waals surface area (Å²) in [5, 5.41) is 39.8. The topological polar surface area (TPSA) is 179 Å². The Labute approximate surface area is 319 Å². The van der Waals surface area contributed by atoms with Gasteiger partial charge in [0.05, 0.1) is 5.70 Å². The first-order valence-corrected chi connectivity index (χ1v) is 19.2. The quantitative estimate of drug-likeness (QED) is 0.0846. The van der Waals surface area contributed by atoms with Crippen molar-refractivity contribution < 1.29 is 14.6 Å². The van der Waals surface area contributed by atoms with Gasteiger partial charge in [-0.05, 0) is 84.2 Å². The van der Waals surface area contributed by atoms with Crippen LogP contribution in [-0.2, 0) is 0 Å². The van der Waals surface area contributed by atoms with Crippen LogP contribution in [0, 0.1) is 5.82 Å². The Kier molecular flexibility index (Phi) is 13.3. The van der Waals surface area contributed by atoms with Gasteiger partial charge in [0.1, 0.15) is 11.5 Å². The zero-order chi connectivity index (χ0) is 36.9. The third kappa shape index (κ3) is 10.6. The molecule has 6 N–H and O–H groups in total. The number of rotatable bonds is 6. The molecule has 0 atom stereocenters. The van der Waals surface area contributed by atoms with E-state index in [0.29, 0.717) is 22.2 Å². The van der Waals surface area contributed by atoms with Crippen molar-refractivity contribution in [3.8, 4) is 11.8 Å². The molecular weight excluding hydrogens is 802 g/mol. The molecule has 5 aromatic carbocycles. The normalized spacial score (nSPS) is 11.1. The molecule has 0 aliphatic heterocycles. The van der Waals surface area contributed by atoms with E-state index in [0.717, 1.165) is 16.4 Å². The van der Waals surface area contributed by atoms with Crippen LogP contribution in [0.25, 0.3) is 33.6 Å². The molecule has 7 aromatic rings. The van der Waals surface area contributed by atoms with Crippen LogP contribution in [0.5, 0.6) is 11.8 Å². The fraction of sp³-hybridized carbons (Fsp3) is 0. The molecule has 2 aromatic heterocycles. The average molecular weight is 832 g/mol. The summed E-state index contributed by atoms with van der Waals surface area (Å²) in [6.45, 7) is 0. The Hall–Kier alpha value is -5.77. The van der Waals surface area contributed by atoms with Crippen molar-refractivity contribution in [3.05, 3.63) is 150 Å². The number of halogens is 1. The number of nitrogens with zero attached hydrogens (tertiary/aromatic N) is 4. The fourth-order valence-electron chi connectivity index (χ4n) is 4.82. The van der Waals surface area contributed by atoms with Crippen molar-refractivity contribution in [2.75, 3.05) is 0 Å². The first-order chi connectivity index (χ1) is 25.2. The molecule has 0 aliphatic carbocycles. The maximum atomic E-state index is 13.1. The summed E-state index contributed by atoms with van der Waals surface area (Å²) in [7, 11) is 0. The third-order valence-electron chi connectivity index (χ3n) is 7.12. The summed E-state index contributed by atoms with van der Waals surface area (Å²) in [4.78, 5) is 5.43. The summed E-state index contributed by atoms with van der Waals surface area (Å²) >= 11 is 8.72. The van der Waals surface area contributed by atoms with Crippen LogP contribution in [0.2, 0.25) is 0 Å². The molecule has 0 saturated carbocycles. The van der Waals surface area contributed by atoms with Crippen molar-refractivity contribution in [1.82, 2.24) is 9.97 Å². The number of H-pyrrole nitrogens is 2. The van der Waals surface area contributed by atoms with E-state index in [2.05, 4.69) is 103 Å². The fourth-order valence-corrected chi connectivity index (χ4v) is 7.91. The van der Waals surface area contributed by atoms with Gasteiger partial charge < -0.3 is 31.6 Å². The molecule has 0 spiro atoms. The Morgan fingerprint density at radius 2 is 1.12 bits per heavy atom. The summed E-state index contributed by atoms with van der Waals surface area (Å²) in [6.07, 6.45) is 1.58. The number of azo groups is 2. The van der Waals surface area contributed by atoms with Gasteiger partial charge in [0.2, 0.25) is 10.2 Å². The second-order valence-corrected chi connectivity index (χ2v) is 15.6. The monoisotopic (exact) mass is 832 g/mol. The molecule has 2 heterocycles. The number of benzene rings is 5. The van der Waals surface area contributed by atoms with Gasteiger partial charge in [0.25, 0.3) is 0 Å². The molecule has 256 valence electrons. The molecule has 52 heavy (non-hydrogen) atoms. The van der Waals surface area contributed by atoms with E-state index in [1.807, 2.05) is 36.4 Å². The molecule has 0 bridgehead atoms. The van der Waals surface area contributed by atoms with Crippen LogP contribution >= 0.6 is 24.4 Å². The number of nitrogens with one attached hydrogen (secondary N) is 2. The zero-order valence-electron chi connectivity index (χ0n) is 27.2. The predicted molar refractivity (Wildman–Crippen MR) is 211 cm³/mol. The zero-order valence-corrected chi connectivity index (χ0v) is 31.7. The van der Waals surface area contributed by atoms with Crippen LogP contribution in [0.3, 0.4) is 0 Å². The van der Waals surface area contributed by atoms with E-state index >= 15 is 0 Å². The Morgan fingerprint density at radius 1 is 0.615 bits per heavy atom. The number of hydrogen-bond acceptors (Lipinski definition) is 6. The van der Waals surface area contributed by atoms with E-state index in [1.165, 1.54) is 19.3 Å². The van der Waals surface area contributed by atoms with Crippen LogP contribution in [-0.4, -0.2) is 41.3 Å². The van der Waals surface area contributed by atoms with E-state index in [4.69, 9.17) is 23.7 Å². The molecular formula is C38H29FN8O2S2Sn. The van der Waals surface area contributed by atoms with E-state index in [-0.39, 0.29) is 33.5 Å². The standard InChI is InChI=1S/C17H13FN4OS.C9H8N4OS.2C6H5.Sn/c18-11-7-5-10(6-8-11)15(21-22-17(19)24)9-13-12-3-1-2-4-14(12)20-16(13)23;10-9(15)13-12-7-5-3-1-2-4-6(5)11-8(7)14;2*1-2-4-6-5-3-1;/h1-9,20,23H,(H2,19,24);1-4,11,14H,(H2,10,15);2*1-5H;/q;;;;+2/p-2/b15-9-,22-21?;;;;. The number of para-hydroxylation sites is 2. The van der Waals surface area contributed by atoms with Gasteiger partial charge in [0.15, 0.2) is 0 Å². The minimum atomic E-state index is -0.517. The van der Waals surface area contributed by atoms with Crippen molar-refractivity contribution in [3.63, 3.8) is 0 Å². The molecule has 0 radical (unpaired) electrons. The van der Waals surface area contributed by atoms with Gasteiger partial charge in [-0.1, -0.05) is 36.4 Å². The molecule has 0 amide bonds. The first kappa shape index (κ1) is 37.5. The Morgan fingerprint density at radius 3 is 1.69 bits per heavy atom. The number of thiocarbonyl (C=S) groups is 2.